The van der Waals surface area contributed by atoms with Gasteiger partial charge in [0.1, 0.15) is 6.33 Å². The van der Waals surface area contributed by atoms with E-state index in [2.05, 4.69) is 15.0 Å². The van der Waals surface area contributed by atoms with Gasteiger partial charge >= 0.3 is 0 Å². The Morgan fingerprint density at radius 1 is 0.727 bits per heavy atom. The number of hydrogen-bond donors (Lipinski definition) is 4. The monoisotopic (exact) mass is 307 g/mol. The summed E-state index contributed by atoms with van der Waals surface area (Å²) < 4.78 is 0. The number of nitrogens with two attached hydrogens (primary N) is 4. The molecule has 1 aromatic heterocycles. The highest BCUT2D eigenvalue weighted by Gasteiger charge is 2.27. The van der Waals surface area contributed by atoms with Gasteiger partial charge in [0, 0.05) is 50.3 Å². The van der Waals surface area contributed by atoms with E-state index in [1.807, 2.05) is 9.80 Å². The Balaban J connectivity index is 1.77. The molecule has 2 saturated heterocycles. The van der Waals surface area contributed by atoms with E-state index >= 15 is 0 Å². The van der Waals surface area contributed by atoms with Gasteiger partial charge in [-0.25, -0.2) is 9.97 Å². The zero-order valence-corrected chi connectivity index (χ0v) is 12.7. The maximum Gasteiger partial charge on any atom is 0.230 e. The second kappa shape index (κ2) is 6.29. The van der Waals surface area contributed by atoms with Crippen molar-refractivity contribution in [2.75, 3.05) is 36.0 Å². The first-order valence-electron chi connectivity index (χ1n) is 7.72. The zero-order valence-electron chi connectivity index (χ0n) is 12.7. The summed E-state index contributed by atoms with van der Waals surface area (Å²) in [7, 11) is 0. The second-order valence-electron chi connectivity index (χ2n) is 6.41. The highest BCUT2D eigenvalue weighted by molar-refractivity contribution is 5.39. The summed E-state index contributed by atoms with van der Waals surface area (Å²) in [5.74, 6) is 1.23. The fourth-order valence-corrected chi connectivity index (χ4v) is 3.27. The van der Waals surface area contributed by atoms with Gasteiger partial charge in [0.25, 0.3) is 0 Å². The van der Waals surface area contributed by atoms with Crippen molar-refractivity contribution in [1.29, 1.82) is 0 Å². The lowest BCUT2D eigenvalue weighted by molar-refractivity contribution is 0.441. The minimum atomic E-state index is 0.0424. The van der Waals surface area contributed by atoms with Crippen LogP contribution in [0.5, 0.6) is 0 Å². The summed E-state index contributed by atoms with van der Waals surface area (Å²) in [4.78, 5) is 17.1. The number of nitrogens with zero attached hydrogens (tertiary/aromatic N) is 5. The van der Waals surface area contributed by atoms with E-state index in [9.17, 15) is 0 Å². The first kappa shape index (κ1) is 15.3. The van der Waals surface area contributed by atoms with Crippen LogP contribution >= 0.6 is 0 Å². The van der Waals surface area contributed by atoms with E-state index in [0.29, 0.717) is 38.1 Å². The zero-order chi connectivity index (χ0) is 15.7. The third-order valence-corrected chi connectivity index (χ3v) is 4.14. The van der Waals surface area contributed by atoms with Crippen LogP contribution in [0.3, 0.4) is 0 Å². The van der Waals surface area contributed by atoms with Crippen molar-refractivity contribution in [3.63, 3.8) is 0 Å². The fraction of sp³-hybridized carbons (Fsp3) is 0.769. The lowest BCUT2D eigenvalue weighted by atomic mass is 10.0. The van der Waals surface area contributed by atoms with Crippen LogP contribution < -0.4 is 32.7 Å². The molecule has 8 N–H and O–H groups in total. The van der Waals surface area contributed by atoms with Crippen LogP contribution in [0.25, 0.3) is 0 Å². The Kier molecular flexibility index (Phi) is 4.39. The predicted molar refractivity (Wildman–Crippen MR) is 85.4 cm³/mol. The summed E-state index contributed by atoms with van der Waals surface area (Å²) >= 11 is 0. The van der Waals surface area contributed by atoms with E-state index in [4.69, 9.17) is 22.9 Å². The maximum absolute atomic E-state index is 6.03. The Bertz CT molecular complexity index is 449. The van der Waals surface area contributed by atoms with Gasteiger partial charge in [-0.2, -0.15) is 4.98 Å². The SMILES string of the molecule is N[C@@H]1C[C@H](N)CN(c2ncnc(N3C[C@H](N)C[C@H](N)C3)n2)C1. The first-order chi connectivity index (χ1) is 10.5. The molecular weight excluding hydrogens is 282 g/mol. The van der Waals surface area contributed by atoms with Crippen LogP contribution in [0, 0.1) is 0 Å². The third kappa shape index (κ3) is 3.43. The van der Waals surface area contributed by atoms with E-state index < -0.39 is 0 Å². The number of hydrogen-bond acceptors (Lipinski definition) is 9. The molecule has 1 aromatic rings. The lowest BCUT2D eigenvalue weighted by Gasteiger charge is -2.36. The molecule has 2 aliphatic rings. The van der Waals surface area contributed by atoms with Gasteiger partial charge in [-0.3, -0.25) is 0 Å². The van der Waals surface area contributed by atoms with E-state index in [0.717, 1.165) is 12.8 Å². The molecule has 3 rings (SSSR count). The molecule has 2 aliphatic heterocycles. The summed E-state index contributed by atoms with van der Waals surface area (Å²) in [6, 6.07) is 0.170. The Morgan fingerprint density at radius 2 is 1.09 bits per heavy atom. The molecule has 2 fully saturated rings. The van der Waals surface area contributed by atoms with Crippen molar-refractivity contribution in [2.24, 2.45) is 22.9 Å². The van der Waals surface area contributed by atoms with Crippen molar-refractivity contribution >= 4 is 11.9 Å². The fourth-order valence-electron chi connectivity index (χ4n) is 3.27. The highest BCUT2D eigenvalue weighted by Crippen LogP contribution is 2.19. The molecule has 0 spiro atoms. The minimum Gasteiger partial charge on any atom is -0.338 e. The van der Waals surface area contributed by atoms with Crippen molar-refractivity contribution < 1.29 is 0 Å². The standard InChI is InChI=1S/C13H25N9/c14-8-1-9(15)4-21(3-8)12-18-7-19-13(20-12)22-5-10(16)2-11(17)6-22/h7-11H,1-6,14-17H2/t8-,9+,10-,11+. The van der Waals surface area contributed by atoms with Crippen molar-refractivity contribution in [1.82, 2.24) is 15.0 Å². The van der Waals surface area contributed by atoms with Gasteiger partial charge in [-0.15, -0.1) is 0 Å². The number of anilines is 2. The molecule has 0 saturated carbocycles. The van der Waals surface area contributed by atoms with Gasteiger partial charge in [0.15, 0.2) is 0 Å². The van der Waals surface area contributed by atoms with E-state index in [1.165, 1.54) is 6.33 Å². The normalized spacial score (nSPS) is 33.1. The molecule has 0 aromatic carbocycles. The molecule has 3 heterocycles. The molecule has 0 aliphatic carbocycles. The smallest absolute Gasteiger partial charge is 0.230 e. The summed E-state index contributed by atoms with van der Waals surface area (Å²) in [5, 5.41) is 0. The van der Waals surface area contributed by atoms with Crippen LogP contribution in [0.1, 0.15) is 12.8 Å². The second-order valence-corrected chi connectivity index (χ2v) is 6.41. The number of rotatable bonds is 2. The molecule has 0 radical (unpaired) electrons. The van der Waals surface area contributed by atoms with Crippen LogP contribution in [-0.2, 0) is 0 Å². The van der Waals surface area contributed by atoms with Crippen LogP contribution in [0.2, 0.25) is 0 Å². The molecule has 122 valence electrons. The van der Waals surface area contributed by atoms with Gasteiger partial charge < -0.3 is 32.7 Å². The Morgan fingerprint density at radius 3 is 1.45 bits per heavy atom. The van der Waals surface area contributed by atoms with E-state index in [1.54, 1.807) is 0 Å². The van der Waals surface area contributed by atoms with Gasteiger partial charge in [-0.1, -0.05) is 0 Å². The Hall–Kier alpha value is -1.55. The molecule has 0 amide bonds. The summed E-state index contributed by atoms with van der Waals surface area (Å²) in [5.41, 5.74) is 24.1. The summed E-state index contributed by atoms with van der Waals surface area (Å²) in [6.45, 7) is 2.82. The van der Waals surface area contributed by atoms with Crippen LogP contribution in [0.15, 0.2) is 6.33 Å². The van der Waals surface area contributed by atoms with Crippen molar-refractivity contribution in [3.8, 4) is 0 Å². The van der Waals surface area contributed by atoms with Crippen molar-refractivity contribution in [3.05, 3.63) is 6.33 Å². The topological polar surface area (TPSA) is 149 Å². The van der Waals surface area contributed by atoms with Crippen molar-refractivity contribution in [2.45, 2.75) is 37.0 Å². The largest absolute Gasteiger partial charge is 0.338 e. The molecule has 0 bridgehead atoms. The summed E-state index contributed by atoms with van der Waals surface area (Å²) in [6.07, 6.45) is 3.17. The van der Waals surface area contributed by atoms with Gasteiger partial charge in [0.05, 0.1) is 0 Å². The first-order valence-corrected chi connectivity index (χ1v) is 7.72. The van der Waals surface area contributed by atoms with E-state index in [-0.39, 0.29) is 24.2 Å². The maximum atomic E-state index is 6.03. The highest BCUT2D eigenvalue weighted by atomic mass is 15.3. The minimum absolute atomic E-state index is 0.0424. The Labute approximate surface area is 130 Å². The molecule has 4 atom stereocenters. The molecule has 9 heteroatoms. The molecule has 0 unspecified atom stereocenters. The number of piperidine rings is 2. The van der Waals surface area contributed by atoms with Gasteiger partial charge in [-0.05, 0) is 12.8 Å². The quantitative estimate of drug-likeness (QED) is 0.469. The third-order valence-electron chi connectivity index (χ3n) is 4.14. The molecule has 22 heavy (non-hydrogen) atoms. The lowest BCUT2D eigenvalue weighted by Crippen LogP contribution is -2.54. The van der Waals surface area contributed by atoms with Crippen LogP contribution in [0.4, 0.5) is 11.9 Å². The number of aromatic nitrogens is 3. The molecular formula is C13H25N9. The van der Waals surface area contributed by atoms with Gasteiger partial charge in [0.2, 0.25) is 11.9 Å². The average Bonchev–Trinajstić information content (AvgIpc) is 2.45. The predicted octanol–water partition coefficient (Wildman–Crippen LogP) is -2.40. The average molecular weight is 307 g/mol. The molecule has 9 nitrogen and oxygen atoms in total. The van der Waals surface area contributed by atoms with Crippen LogP contribution in [-0.4, -0.2) is 65.3 Å².